The average Bonchev–Trinajstić information content (AvgIpc) is 2.64. The van der Waals surface area contributed by atoms with Crippen LogP contribution in [-0.2, 0) is 9.53 Å². The number of rotatable bonds is 3. The van der Waals surface area contributed by atoms with Gasteiger partial charge in [0.25, 0.3) is 5.91 Å². The van der Waals surface area contributed by atoms with Crippen LogP contribution in [0.15, 0.2) is 18.3 Å². The van der Waals surface area contributed by atoms with E-state index >= 15 is 0 Å². The van der Waals surface area contributed by atoms with Crippen molar-refractivity contribution in [2.24, 2.45) is 5.92 Å². The summed E-state index contributed by atoms with van der Waals surface area (Å²) in [5.74, 6) is -1.12. The maximum Gasteiger partial charge on any atom is 0.329 e. The summed E-state index contributed by atoms with van der Waals surface area (Å²) in [6.07, 6.45) is 1.52. The first kappa shape index (κ1) is 13.2. The van der Waals surface area contributed by atoms with Crippen LogP contribution in [0.25, 0.3) is 0 Å². The van der Waals surface area contributed by atoms with Crippen LogP contribution >= 0.6 is 0 Å². The maximum absolute atomic E-state index is 12.3. The molecule has 1 N–H and O–H groups in total. The highest BCUT2D eigenvalue weighted by molar-refractivity contribution is 6.22. The molecule has 100 valence electrons. The third kappa shape index (κ3) is 1.99. The standard InChI is InChI=1S/C13H15N3O3/c1-7(2)10(13(18)19-3)16-11(14)9-8(12(16)17)5-4-6-15-9/h4-7,10,14H,1-3H3/t10-/m0/s1. The lowest BCUT2D eigenvalue weighted by Crippen LogP contribution is -2.48. The Bertz CT molecular complexity index is 519. The van der Waals surface area contributed by atoms with Gasteiger partial charge in [-0.2, -0.15) is 0 Å². The summed E-state index contributed by atoms with van der Waals surface area (Å²) in [6, 6.07) is 2.43. The van der Waals surface area contributed by atoms with Gasteiger partial charge in [0.15, 0.2) is 5.84 Å². The van der Waals surface area contributed by atoms with Crippen molar-refractivity contribution in [1.29, 1.82) is 5.41 Å². The summed E-state index contributed by atoms with van der Waals surface area (Å²) >= 11 is 0. The number of nitrogens with one attached hydrogen (secondary N) is 1. The number of amides is 1. The first-order valence-electron chi connectivity index (χ1n) is 5.94. The van der Waals surface area contributed by atoms with Crippen molar-refractivity contribution in [3.8, 4) is 0 Å². The molecule has 0 aliphatic carbocycles. The number of carbonyl (C=O) groups is 2. The second kappa shape index (κ2) is 4.79. The number of hydrogen-bond donors (Lipinski definition) is 1. The van der Waals surface area contributed by atoms with Crippen LogP contribution < -0.4 is 0 Å². The maximum atomic E-state index is 12.3. The van der Waals surface area contributed by atoms with Crippen LogP contribution in [-0.4, -0.2) is 40.7 Å². The van der Waals surface area contributed by atoms with Crippen molar-refractivity contribution < 1.29 is 14.3 Å². The molecule has 6 nitrogen and oxygen atoms in total. The molecule has 2 heterocycles. The van der Waals surface area contributed by atoms with Crippen LogP contribution in [0.5, 0.6) is 0 Å². The monoisotopic (exact) mass is 261 g/mol. The Kier molecular flexibility index (Phi) is 3.33. The Balaban J connectivity index is 2.45. The summed E-state index contributed by atoms with van der Waals surface area (Å²) in [4.78, 5) is 29.3. The smallest absolute Gasteiger partial charge is 0.329 e. The Morgan fingerprint density at radius 3 is 2.68 bits per heavy atom. The number of nitrogens with zero attached hydrogens (tertiary/aromatic N) is 2. The molecule has 1 aromatic heterocycles. The predicted octanol–water partition coefficient (Wildman–Crippen LogP) is 1.06. The van der Waals surface area contributed by atoms with E-state index in [9.17, 15) is 9.59 Å². The van der Waals surface area contributed by atoms with Gasteiger partial charge in [0, 0.05) is 6.20 Å². The summed E-state index contributed by atoms with van der Waals surface area (Å²) in [7, 11) is 1.27. The summed E-state index contributed by atoms with van der Waals surface area (Å²) in [6.45, 7) is 3.61. The summed E-state index contributed by atoms with van der Waals surface area (Å²) in [5.41, 5.74) is 0.657. The lowest BCUT2D eigenvalue weighted by molar-refractivity contribution is -0.146. The molecule has 0 radical (unpaired) electrons. The van der Waals surface area contributed by atoms with E-state index in [2.05, 4.69) is 4.98 Å². The van der Waals surface area contributed by atoms with Crippen molar-refractivity contribution in [3.05, 3.63) is 29.6 Å². The molecule has 1 aliphatic heterocycles. The van der Waals surface area contributed by atoms with Crippen LogP contribution in [0.2, 0.25) is 0 Å². The number of aromatic nitrogens is 1. The second-order valence-electron chi connectivity index (χ2n) is 4.64. The van der Waals surface area contributed by atoms with Gasteiger partial charge in [-0.3, -0.25) is 20.1 Å². The van der Waals surface area contributed by atoms with E-state index in [-0.39, 0.29) is 17.7 Å². The molecule has 1 aliphatic rings. The van der Waals surface area contributed by atoms with Crippen molar-refractivity contribution in [2.75, 3.05) is 7.11 Å². The minimum atomic E-state index is -0.806. The van der Waals surface area contributed by atoms with E-state index in [1.165, 1.54) is 13.3 Å². The minimum Gasteiger partial charge on any atom is -0.467 e. The third-order valence-electron chi connectivity index (χ3n) is 3.07. The van der Waals surface area contributed by atoms with E-state index in [1.807, 2.05) is 0 Å². The molecule has 0 spiro atoms. The van der Waals surface area contributed by atoms with Gasteiger partial charge in [-0.15, -0.1) is 0 Å². The van der Waals surface area contributed by atoms with E-state index in [1.54, 1.807) is 26.0 Å². The topological polar surface area (TPSA) is 83.3 Å². The molecule has 0 unspecified atom stereocenters. The van der Waals surface area contributed by atoms with E-state index in [4.69, 9.17) is 10.1 Å². The first-order chi connectivity index (χ1) is 8.99. The fourth-order valence-electron chi connectivity index (χ4n) is 2.17. The Labute approximate surface area is 110 Å². The molecule has 0 saturated heterocycles. The number of carbonyl (C=O) groups excluding carboxylic acids is 2. The molecular weight excluding hydrogens is 246 g/mol. The Morgan fingerprint density at radius 2 is 2.16 bits per heavy atom. The molecule has 0 aromatic carbocycles. The summed E-state index contributed by atoms with van der Waals surface area (Å²) in [5, 5.41) is 8.05. The fourth-order valence-corrected chi connectivity index (χ4v) is 2.17. The third-order valence-corrected chi connectivity index (χ3v) is 3.07. The molecule has 1 amide bonds. The van der Waals surface area contributed by atoms with E-state index in [0.29, 0.717) is 11.3 Å². The number of esters is 1. The molecule has 1 aromatic rings. The van der Waals surface area contributed by atoms with Gasteiger partial charge in [0.1, 0.15) is 11.7 Å². The van der Waals surface area contributed by atoms with Crippen LogP contribution in [0.1, 0.15) is 29.9 Å². The Hall–Kier alpha value is -2.24. The van der Waals surface area contributed by atoms with Gasteiger partial charge in [-0.25, -0.2) is 4.79 Å². The predicted molar refractivity (Wildman–Crippen MR) is 67.9 cm³/mol. The van der Waals surface area contributed by atoms with Crippen molar-refractivity contribution in [2.45, 2.75) is 19.9 Å². The number of ether oxygens (including phenoxy) is 1. The number of methoxy groups -OCH3 is 1. The van der Waals surface area contributed by atoms with Crippen LogP contribution in [0.3, 0.4) is 0 Å². The fraction of sp³-hybridized carbons (Fsp3) is 0.385. The van der Waals surface area contributed by atoms with Gasteiger partial charge in [0.05, 0.1) is 12.7 Å². The average molecular weight is 261 g/mol. The van der Waals surface area contributed by atoms with Gasteiger partial charge in [0.2, 0.25) is 0 Å². The number of amidine groups is 1. The highest BCUT2D eigenvalue weighted by Crippen LogP contribution is 2.26. The molecule has 2 rings (SSSR count). The van der Waals surface area contributed by atoms with Crippen LogP contribution in [0.4, 0.5) is 0 Å². The largest absolute Gasteiger partial charge is 0.467 e. The quantitative estimate of drug-likeness (QED) is 0.825. The van der Waals surface area contributed by atoms with Gasteiger partial charge in [-0.05, 0) is 18.1 Å². The molecule has 6 heteroatoms. The molecule has 0 saturated carbocycles. The zero-order chi connectivity index (χ0) is 14.2. The molecule has 0 fully saturated rings. The highest BCUT2D eigenvalue weighted by atomic mass is 16.5. The zero-order valence-electron chi connectivity index (χ0n) is 11.0. The lowest BCUT2D eigenvalue weighted by Gasteiger charge is -2.28. The second-order valence-corrected chi connectivity index (χ2v) is 4.64. The lowest BCUT2D eigenvalue weighted by atomic mass is 10.0. The van der Waals surface area contributed by atoms with Crippen molar-refractivity contribution >= 4 is 17.7 Å². The SMILES string of the molecule is COC(=O)[C@H](C(C)C)N1C(=N)c2ncccc2C1=O. The van der Waals surface area contributed by atoms with Crippen molar-refractivity contribution in [1.82, 2.24) is 9.88 Å². The highest BCUT2D eigenvalue weighted by Gasteiger charge is 2.43. The van der Waals surface area contributed by atoms with Gasteiger partial charge in [-0.1, -0.05) is 13.8 Å². The van der Waals surface area contributed by atoms with Gasteiger partial charge >= 0.3 is 5.97 Å². The number of hydrogen-bond acceptors (Lipinski definition) is 5. The normalized spacial score (nSPS) is 15.7. The first-order valence-corrected chi connectivity index (χ1v) is 5.94. The number of fused-ring (bicyclic) bond motifs is 1. The molecular formula is C13H15N3O3. The zero-order valence-corrected chi connectivity index (χ0v) is 11.0. The molecule has 19 heavy (non-hydrogen) atoms. The van der Waals surface area contributed by atoms with E-state index < -0.39 is 12.0 Å². The van der Waals surface area contributed by atoms with E-state index in [0.717, 1.165) is 4.90 Å². The molecule has 1 atom stereocenters. The number of pyridine rings is 1. The molecule has 0 bridgehead atoms. The van der Waals surface area contributed by atoms with Gasteiger partial charge < -0.3 is 4.74 Å². The summed E-state index contributed by atoms with van der Waals surface area (Å²) < 4.78 is 4.73. The Morgan fingerprint density at radius 1 is 1.47 bits per heavy atom. The minimum absolute atomic E-state index is 0.0512. The van der Waals surface area contributed by atoms with Crippen LogP contribution in [0, 0.1) is 11.3 Å². The van der Waals surface area contributed by atoms with Crippen molar-refractivity contribution in [3.63, 3.8) is 0 Å².